The summed E-state index contributed by atoms with van der Waals surface area (Å²) in [5.41, 5.74) is 4.68. The molecule has 0 atom stereocenters. The molecule has 0 aliphatic carbocycles. The quantitative estimate of drug-likeness (QED) is 0.354. The van der Waals surface area contributed by atoms with Gasteiger partial charge in [0.1, 0.15) is 5.69 Å². The van der Waals surface area contributed by atoms with E-state index in [0.717, 1.165) is 22.9 Å². The fraction of sp³-hybridized carbons (Fsp3) is 0.120. The summed E-state index contributed by atoms with van der Waals surface area (Å²) in [6.07, 6.45) is 2.79. The van der Waals surface area contributed by atoms with Crippen molar-refractivity contribution in [1.82, 2.24) is 9.78 Å². The number of benzene rings is 2. The van der Waals surface area contributed by atoms with Crippen molar-refractivity contribution in [3.8, 4) is 5.69 Å². The number of rotatable bonds is 7. The molecule has 36 heavy (non-hydrogen) atoms. The lowest BCUT2D eigenvalue weighted by atomic mass is 10.1. The molecule has 0 unspecified atom stereocenters. The molecule has 3 rings (SSSR count). The lowest BCUT2D eigenvalue weighted by molar-refractivity contribution is -0.137. The molecule has 0 radical (unpaired) electrons. The van der Waals surface area contributed by atoms with Gasteiger partial charge in [-0.1, -0.05) is 6.07 Å². The maximum atomic E-state index is 14.9. The van der Waals surface area contributed by atoms with Crippen LogP contribution in [0.4, 0.5) is 28.9 Å². The number of nitrogens with zero attached hydrogens (tertiary/aromatic N) is 4. The smallest absolute Gasteiger partial charge is 0.402 e. The van der Waals surface area contributed by atoms with Gasteiger partial charge in [0.15, 0.2) is 11.5 Å². The minimum absolute atomic E-state index is 0.0350. The van der Waals surface area contributed by atoms with Crippen molar-refractivity contribution in [3.05, 3.63) is 106 Å². The number of nitrogens with one attached hydrogen (secondary N) is 1. The van der Waals surface area contributed by atoms with Crippen molar-refractivity contribution >= 4 is 23.3 Å². The van der Waals surface area contributed by atoms with Crippen LogP contribution in [0.2, 0.25) is 0 Å². The Morgan fingerprint density at radius 3 is 2.61 bits per heavy atom. The average molecular weight is 498 g/mol. The molecule has 3 aromatic rings. The number of nitrogens with two attached hydrogens (primary N) is 1. The summed E-state index contributed by atoms with van der Waals surface area (Å²) in [6, 6.07) is 9.75. The van der Waals surface area contributed by atoms with Crippen LogP contribution in [0.3, 0.4) is 0 Å². The first-order valence-electron chi connectivity index (χ1n) is 10.5. The van der Waals surface area contributed by atoms with Gasteiger partial charge in [0.05, 0.1) is 17.0 Å². The second-order valence-electron chi connectivity index (χ2n) is 7.48. The van der Waals surface area contributed by atoms with Gasteiger partial charge in [0.2, 0.25) is 5.43 Å². The molecule has 0 bridgehead atoms. The van der Waals surface area contributed by atoms with Gasteiger partial charge in [-0.25, -0.2) is 14.1 Å². The molecule has 1 aromatic heterocycles. The fourth-order valence-electron chi connectivity index (χ4n) is 3.04. The van der Waals surface area contributed by atoms with Crippen molar-refractivity contribution in [2.45, 2.75) is 13.1 Å². The first kappa shape index (κ1) is 26.1. The van der Waals surface area contributed by atoms with E-state index in [-0.39, 0.29) is 28.5 Å². The van der Waals surface area contributed by atoms with Gasteiger partial charge in [-0.2, -0.15) is 18.3 Å². The molecule has 0 saturated heterocycles. The molecule has 186 valence electrons. The molecule has 3 N–H and O–H groups in total. The summed E-state index contributed by atoms with van der Waals surface area (Å²) in [6.45, 7) is 1.52. The Morgan fingerprint density at radius 1 is 1.17 bits per heavy atom. The number of anilines is 1. The Kier molecular flexibility index (Phi) is 8.15. The summed E-state index contributed by atoms with van der Waals surface area (Å²) in [4.78, 5) is 20.6. The third kappa shape index (κ3) is 6.75. The van der Waals surface area contributed by atoms with Crippen LogP contribution in [-0.2, 0) is 6.18 Å². The van der Waals surface area contributed by atoms with E-state index in [1.165, 1.54) is 43.5 Å². The molecule has 1 heterocycles. The van der Waals surface area contributed by atoms with E-state index in [2.05, 4.69) is 20.4 Å². The molecule has 0 saturated carbocycles. The summed E-state index contributed by atoms with van der Waals surface area (Å²) >= 11 is 0. The van der Waals surface area contributed by atoms with Gasteiger partial charge >= 0.3 is 6.18 Å². The van der Waals surface area contributed by atoms with Crippen LogP contribution in [0.5, 0.6) is 0 Å². The van der Waals surface area contributed by atoms with Crippen molar-refractivity contribution in [3.63, 3.8) is 0 Å². The van der Waals surface area contributed by atoms with Crippen molar-refractivity contribution < 1.29 is 17.6 Å². The van der Waals surface area contributed by atoms with E-state index in [9.17, 15) is 22.4 Å². The minimum Gasteiger partial charge on any atom is -0.402 e. The number of halogens is 4. The number of aromatic nitrogens is 2. The van der Waals surface area contributed by atoms with Gasteiger partial charge < -0.3 is 11.1 Å². The average Bonchev–Trinajstić information content (AvgIpc) is 2.81. The minimum atomic E-state index is -4.57. The highest BCUT2D eigenvalue weighted by Gasteiger charge is 2.30. The molecule has 2 aromatic carbocycles. The Bertz CT molecular complexity index is 1420. The maximum absolute atomic E-state index is 14.9. The number of allylic oxidation sites excluding steroid dienone is 3. The third-order valence-electron chi connectivity index (χ3n) is 4.61. The van der Waals surface area contributed by atoms with Crippen molar-refractivity contribution in [1.29, 1.82) is 0 Å². The van der Waals surface area contributed by atoms with Crippen LogP contribution in [0.25, 0.3) is 5.69 Å². The normalized spacial score (nSPS) is 13.1. The number of hydrogen-bond acceptors (Lipinski definition) is 6. The molecule has 7 nitrogen and oxygen atoms in total. The molecule has 0 amide bonds. The van der Waals surface area contributed by atoms with E-state index < -0.39 is 23.0 Å². The van der Waals surface area contributed by atoms with Crippen LogP contribution < -0.4 is 16.5 Å². The topological polar surface area (TPSA) is 97.7 Å². The summed E-state index contributed by atoms with van der Waals surface area (Å²) < 4.78 is 55.3. The zero-order valence-corrected chi connectivity index (χ0v) is 19.3. The highest BCUT2D eigenvalue weighted by atomic mass is 19.4. The molecule has 0 aliphatic rings. The monoisotopic (exact) mass is 498 g/mol. The Hall–Kier alpha value is -4.54. The zero-order chi connectivity index (χ0) is 26.3. The Labute approximate surface area is 204 Å². The van der Waals surface area contributed by atoms with E-state index in [0.29, 0.717) is 5.69 Å². The SMILES string of the molecule is CN=C/C=C\Nc1ccc(-n2ccc(=O)c(C(C=C(C)N)=Nc3cccc(C(F)(F)F)c3)n2)c(F)c1. The maximum Gasteiger partial charge on any atom is 0.416 e. The standard InChI is InChI=1S/C25H22F4N6O/c1-16(30)13-21(33-19-6-3-5-17(14-19)25(27,28)29)24-23(36)9-12-35(34-24)22-8-7-18(15-20(22)26)32-11-4-10-31-2/h3-15,32H,30H2,1-2H3/b11-4-,16-13?,31-10?,33-21?. The molecular formula is C25H22F4N6O. The second-order valence-corrected chi connectivity index (χ2v) is 7.48. The summed E-state index contributed by atoms with van der Waals surface area (Å²) in [5, 5.41) is 7.09. The molecular weight excluding hydrogens is 476 g/mol. The molecule has 11 heteroatoms. The van der Waals surface area contributed by atoms with Crippen LogP contribution in [0.15, 0.2) is 93.6 Å². The summed E-state index contributed by atoms with van der Waals surface area (Å²) in [7, 11) is 1.62. The lowest BCUT2D eigenvalue weighted by Crippen LogP contribution is -2.21. The summed E-state index contributed by atoms with van der Waals surface area (Å²) in [5.74, 6) is -0.637. The Balaban J connectivity index is 2.05. The molecule has 0 fully saturated rings. The largest absolute Gasteiger partial charge is 0.416 e. The predicted molar refractivity (Wildman–Crippen MR) is 133 cm³/mol. The third-order valence-corrected chi connectivity index (χ3v) is 4.61. The van der Waals surface area contributed by atoms with Gasteiger partial charge in [0.25, 0.3) is 0 Å². The van der Waals surface area contributed by atoms with E-state index in [1.807, 2.05) is 0 Å². The van der Waals surface area contributed by atoms with E-state index in [4.69, 9.17) is 5.73 Å². The van der Waals surface area contributed by atoms with Crippen molar-refractivity contribution in [2.24, 2.45) is 15.7 Å². The highest BCUT2D eigenvalue weighted by molar-refractivity contribution is 6.08. The van der Waals surface area contributed by atoms with Gasteiger partial charge in [-0.05, 0) is 55.5 Å². The molecule has 0 aliphatic heterocycles. The number of alkyl halides is 3. The van der Waals surface area contributed by atoms with Crippen LogP contribution in [0.1, 0.15) is 18.2 Å². The Morgan fingerprint density at radius 2 is 1.94 bits per heavy atom. The van der Waals surface area contributed by atoms with Gasteiger partial charge in [-0.3, -0.25) is 9.79 Å². The van der Waals surface area contributed by atoms with Crippen molar-refractivity contribution in [2.75, 3.05) is 12.4 Å². The van der Waals surface area contributed by atoms with Crippen LogP contribution in [-0.4, -0.2) is 28.8 Å². The fourth-order valence-corrected chi connectivity index (χ4v) is 3.04. The number of hydrogen-bond donors (Lipinski definition) is 2. The van der Waals surface area contributed by atoms with E-state index >= 15 is 0 Å². The van der Waals surface area contributed by atoms with Crippen LogP contribution in [0, 0.1) is 5.82 Å². The van der Waals surface area contributed by atoms with Gasteiger partial charge in [0, 0.05) is 43.1 Å². The number of aliphatic imine (C=N–C) groups is 2. The van der Waals surface area contributed by atoms with Gasteiger partial charge in [-0.15, -0.1) is 0 Å². The first-order chi connectivity index (χ1) is 17.1. The predicted octanol–water partition coefficient (Wildman–Crippen LogP) is 5.00. The second kappa shape index (κ2) is 11.3. The molecule has 0 spiro atoms. The first-order valence-corrected chi connectivity index (χ1v) is 10.5. The lowest BCUT2D eigenvalue weighted by Gasteiger charge is -2.11. The highest BCUT2D eigenvalue weighted by Crippen LogP contribution is 2.31. The zero-order valence-electron chi connectivity index (χ0n) is 19.3. The van der Waals surface area contributed by atoms with Crippen LogP contribution >= 0.6 is 0 Å². The van der Waals surface area contributed by atoms with E-state index in [1.54, 1.807) is 31.6 Å².